The van der Waals surface area contributed by atoms with E-state index in [2.05, 4.69) is 31.2 Å². The lowest BCUT2D eigenvalue weighted by Crippen LogP contribution is -1.80. The molecule has 1 N–H and O–H groups in total. The van der Waals surface area contributed by atoms with Gasteiger partial charge in [0.1, 0.15) is 5.75 Å². The second kappa shape index (κ2) is 5.48. The van der Waals surface area contributed by atoms with E-state index >= 15 is 0 Å². The van der Waals surface area contributed by atoms with Crippen molar-refractivity contribution in [2.45, 2.75) is 23.1 Å². The fraction of sp³-hybridized carbons (Fsp3) is 0.143. The highest BCUT2D eigenvalue weighted by Gasteiger charge is 2.03. The van der Waals surface area contributed by atoms with Crippen LogP contribution in [0.25, 0.3) is 0 Å². The summed E-state index contributed by atoms with van der Waals surface area (Å²) >= 11 is 7.66. The van der Waals surface area contributed by atoms with E-state index in [0.717, 1.165) is 16.2 Å². The molecule has 0 aromatic heterocycles. The van der Waals surface area contributed by atoms with Crippen molar-refractivity contribution in [2.24, 2.45) is 0 Å². The molecule has 3 heteroatoms. The number of hydrogen-bond donors (Lipinski definition) is 1. The Morgan fingerprint density at radius 2 is 1.82 bits per heavy atom. The standard InChI is InChI=1S/C14H13ClOS/c1-2-10-3-6-12(7-4-10)17-14-8-5-11(16)9-13(14)15/h3-9,16H,2H2,1H3. The Hall–Kier alpha value is -1.12. The molecule has 1 nitrogen and oxygen atoms in total. The molecular weight excluding hydrogens is 252 g/mol. The first-order chi connectivity index (χ1) is 8.19. The van der Waals surface area contributed by atoms with Gasteiger partial charge in [0.25, 0.3) is 0 Å². The molecule has 0 spiro atoms. The monoisotopic (exact) mass is 264 g/mol. The van der Waals surface area contributed by atoms with Crippen molar-refractivity contribution < 1.29 is 5.11 Å². The van der Waals surface area contributed by atoms with Crippen LogP contribution >= 0.6 is 23.4 Å². The highest BCUT2D eigenvalue weighted by molar-refractivity contribution is 7.99. The van der Waals surface area contributed by atoms with Crippen LogP contribution in [0.1, 0.15) is 12.5 Å². The molecule has 0 amide bonds. The summed E-state index contributed by atoms with van der Waals surface area (Å²) in [5.41, 5.74) is 1.33. The Morgan fingerprint density at radius 3 is 2.41 bits per heavy atom. The van der Waals surface area contributed by atoms with Gasteiger partial charge in [-0.25, -0.2) is 0 Å². The molecule has 0 saturated heterocycles. The van der Waals surface area contributed by atoms with Gasteiger partial charge >= 0.3 is 0 Å². The average molecular weight is 265 g/mol. The second-order valence-corrected chi connectivity index (χ2v) is 5.24. The summed E-state index contributed by atoms with van der Waals surface area (Å²) in [5, 5.41) is 9.86. The van der Waals surface area contributed by atoms with Crippen LogP contribution in [0.4, 0.5) is 0 Å². The van der Waals surface area contributed by atoms with E-state index in [9.17, 15) is 5.11 Å². The summed E-state index contributed by atoms with van der Waals surface area (Å²) in [5.74, 6) is 0.195. The van der Waals surface area contributed by atoms with Crippen molar-refractivity contribution in [3.05, 3.63) is 53.1 Å². The first kappa shape index (κ1) is 12.3. The second-order valence-electron chi connectivity index (χ2n) is 3.71. The van der Waals surface area contributed by atoms with Gasteiger partial charge in [-0.3, -0.25) is 0 Å². The predicted octanol–water partition coefficient (Wildman–Crippen LogP) is 4.76. The third-order valence-corrected chi connectivity index (χ3v) is 3.98. The maximum Gasteiger partial charge on any atom is 0.117 e. The maximum atomic E-state index is 9.28. The SMILES string of the molecule is CCc1ccc(Sc2ccc(O)cc2Cl)cc1. The molecule has 0 radical (unpaired) electrons. The molecule has 88 valence electrons. The number of benzene rings is 2. The van der Waals surface area contributed by atoms with E-state index in [-0.39, 0.29) is 5.75 Å². The molecule has 0 aliphatic heterocycles. The maximum absolute atomic E-state index is 9.28. The summed E-state index contributed by atoms with van der Waals surface area (Å²) in [6, 6.07) is 13.5. The number of aryl methyl sites for hydroxylation is 1. The molecule has 0 aliphatic carbocycles. The lowest BCUT2D eigenvalue weighted by molar-refractivity contribution is 0.475. The minimum absolute atomic E-state index is 0.195. The van der Waals surface area contributed by atoms with Gasteiger partial charge in [-0.05, 0) is 42.3 Å². The minimum Gasteiger partial charge on any atom is -0.508 e. The zero-order valence-corrected chi connectivity index (χ0v) is 11.1. The quantitative estimate of drug-likeness (QED) is 0.863. The third kappa shape index (κ3) is 3.18. The molecule has 0 heterocycles. The Labute approximate surface area is 110 Å². The highest BCUT2D eigenvalue weighted by Crippen LogP contribution is 2.35. The number of aromatic hydroxyl groups is 1. The summed E-state index contributed by atoms with van der Waals surface area (Å²) in [6.45, 7) is 2.14. The normalized spacial score (nSPS) is 10.5. The molecule has 2 aromatic rings. The fourth-order valence-electron chi connectivity index (χ4n) is 1.49. The van der Waals surface area contributed by atoms with Gasteiger partial charge in [0.2, 0.25) is 0 Å². The number of phenolic OH excluding ortho intramolecular Hbond substituents is 1. The fourth-order valence-corrected chi connectivity index (χ4v) is 2.60. The number of hydrogen-bond acceptors (Lipinski definition) is 2. The molecular formula is C14H13ClOS. The van der Waals surface area contributed by atoms with E-state index in [4.69, 9.17) is 11.6 Å². The summed E-state index contributed by atoms with van der Waals surface area (Å²) < 4.78 is 0. The minimum atomic E-state index is 0.195. The van der Waals surface area contributed by atoms with E-state index in [1.54, 1.807) is 23.9 Å². The Bertz CT molecular complexity index is 508. The van der Waals surface area contributed by atoms with Gasteiger partial charge in [-0.1, -0.05) is 42.4 Å². The van der Waals surface area contributed by atoms with Crippen molar-refractivity contribution in [2.75, 3.05) is 0 Å². The number of rotatable bonds is 3. The summed E-state index contributed by atoms with van der Waals surface area (Å²) in [7, 11) is 0. The molecule has 0 aliphatic rings. The molecule has 0 unspecified atom stereocenters. The van der Waals surface area contributed by atoms with Crippen LogP contribution < -0.4 is 0 Å². The number of halogens is 1. The molecule has 0 fully saturated rings. The van der Waals surface area contributed by atoms with Crippen LogP contribution in [0.15, 0.2) is 52.3 Å². The molecule has 2 rings (SSSR count). The van der Waals surface area contributed by atoms with Crippen molar-refractivity contribution in [1.82, 2.24) is 0 Å². The molecule has 2 aromatic carbocycles. The van der Waals surface area contributed by atoms with Gasteiger partial charge < -0.3 is 5.11 Å². The van der Waals surface area contributed by atoms with E-state index in [1.807, 2.05) is 6.07 Å². The Balaban J connectivity index is 2.19. The van der Waals surface area contributed by atoms with E-state index in [1.165, 1.54) is 5.56 Å². The Morgan fingerprint density at radius 1 is 1.12 bits per heavy atom. The largest absolute Gasteiger partial charge is 0.508 e. The molecule has 0 bridgehead atoms. The van der Waals surface area contributed by atoms with E-state index < -0.39 is 0 Å². The lowest BCUT2D eigenvalue weighted by Gasteiger charge is -2.05. The van der Waals surface area contributed by atoms with Crippen LogP contribution in [0.5, 0.6) is 5.75 Å². The van der Waals surface area contributed by atoms with Gasteiger partial charge in [-0.15, -0.1) is 0 Å². The van der Waals surface area contributed by atoms with Gasteiger partial charge in [0.15, 0.2) is 0 Å². The smallest absolute Gasteiger partial charge is 0.117 e. The topological polar surface area (TPSA) is 20.2 Å². The molecule has 17 heavy (non-hydrogen) atoms. The lowest BCUT2D eigenvalue weighted by atomic mass is 10.2. The average Bonchev–Trinajstić information content (AvgIpc) is 2.34. The zero-order valence-electron chi connectivity index (χ0n) is 9.48. The highest BCUT2D eigenvalue weighted by atomic mass is 35.5. The van der Waals surface area contributed by atoms with Crippen molar-refractivity contribution in [3.63, 3.8) is 0 Å². The first-order valence-electron chi connectivity index (χ1n) is 5.44. The Kier molecular flexibility index (Phi) is 3.97. The predicted molar refractivity (Wildman–Crippen MR) is 73.1 cm³/mol. The van der Waals surface area contributed by atoms with Crippen LogP contribution in [0.3, 0.4) is 0 Å². The summed E-state index contributed by atoms with van der Waals surface area (Å²) in [6.07, 6.45) is 1.05. The molecule has 0 atom stereocenters. The van der Waals surface area contributed by atoms with Gasteiger partial charge in [0.05, 0.1) is 5.02 Å². The van der Waals surface area contributed by atoms with Crippen LogP contribution in [0.2, 0.25) is 5.02 Å². The van der Waals surface area contributed by atoms with E-state index in [0.29, 0.717) is 5.02 Å². The first-order valence-corrected chi connectivity index (χ1v) is 6.64. The third-order valence-electron chi connectivity index (χ3n) is 2.47. The van der Waals surface area contributed by atoms with Crippen molar-refractivity contribution in [1.29, 1.82) is 0 Å². The van der Waals surface area contributed by atoms with Crippen LogP contribution in [-0.4, -0.2) is 5.11 Å². The van der Waals surface area contributed by atoms with Crippen molar-refractivity contribution in [3.8, 4) is 5.75 Å². The van der Waals surface area contributed by atoms with Crippen molar-refractivity contribution >= 4 is 23.4 Å². The molecule has 0 saturated carbocycles. The van der Waals surface area contributed by atoms with Gasteiger partial charge in [-0.2, -0.15) is 0 Å². The van der Waals surface area contributed by atoms with Crippen LogP contribution in [0, 0.1) is 0 Å². The summed E-state index contributed by atoms with van der Waals surface area (Å²) in [4.78, 5) is 2.10. The number of phenols is 1. The van der Waals surface area contributed by atoms with Crippen LogP contribution in [-0.2, 0) is 6.42 Å². The zero-order chi connectivity index (χ0) is 12.3. The van der Waals surface area contributed by atoms with Gasteiger partial charge in [0, 0.05) is 9.79 Å².